The Bertz CT molecular complexity index is 1500. The van der Waals surface area contributed by atoms with E-state index < -0.39 is 38.8 Å². The van der Waals surface area contributed by atoms with Crippen LogP contribution >= 0.6 is 24.0 Å². The molecule has 0 aliphatic carbocycles. The van der Waals surface area contributed by atoms with Crippen molar-refractivity contribution in [1.29, 1.82) is 0 Å². The minimum atomic E-state index is -1.62. The molecule has 3 aromatic rings. The van der Waals surface area contributed by atoms with Crippen molar-refractivity contribution in [3.63, 3.8) is 0 Å². The van der Waals surface area contributed by atoms with Crippen molar-refractivity contribution in [2.24, 2.45) is 0 Å². The van der Waals surface area contributed by atoms with Crippen LogP contribution in [0.25, 0.3) is 0 Å². The molecule has 37 heavy (non-hydrogen) atoms. The average Bonchev–Trinajstić information content (AvgIpc) is 3.60. The number of hydrogen-bond acceptors (Lipinski definition) is 8. The van der Waals surface area contributed by atoms with Gasteiger partial charge in [0.25, 0.3) is 11.6 Å². The molecule has 4 heterocycles. The molecule has 188 valence electrons. The summed E-state index contributed by atoms with van der Waals surface area (Å²) >= 11 is 6.76. The lowest BCUT2D eigenvalue weighted by Gasteiger charge is -2.41. The lowest BCUT2D eigenvalue weighted by Crippen LogP contribution is -2.61. The number of likely N-dealkylation sites (N-methyl/N-ethyl adjacent to an activating group) is 1. The van der Waals surface area contributed by atoms with E-state index in [1.165, 1.54) is 41.5 Å². The van der Waals surface area contributed by atoms with Gasteiger partial charge in [0.05, 0.1) is 17.7 Å². The number of furan rings is 1. The lowest BCUT2D eigenvalue weighted by atomic mass is 9.72. The first-order chi connectivity index (χ1) is 17.7. The van der Waals surface area contributed by atoms with Gasteiger partial charge in [0.1, 0.15) is 20.6 Å². The largest absolute Gasteiger partial charge is 0.467 e. The fraction of sp³-hybridized carbons (Fsp3) is 0.240. The summed E-state index contributed by atoms with van der Waals surface area (Å²) in [4.78, 5) is 42.7. The Labute approximate surface area is 219 Å². The Morgan fingerprint density at radius 1 is 1.24 bits per heavy atom. The third-order valence-electron chi connectivity index (χ3n) is 7.41. The van der Waals surface area contributed by atoms with Gasteiger partial charge in [-0.05, 0) is 42.9 Å². The summed E-state index contributed by atoms with van der Waals surface area (Å²) in [6.07, 6.45) is 1.49. The topological polar surface area (TPSA) is 109 Å². The highest BCUT2D eigenvalue weighted by molar-refractivity contribution is 8.25. The Morgan fingerprint density at radius 3 is 2.78 bits per heavy atom. The molecule has 2 saturated heterocycles. The van der Waals surface area contributed by atoms with Gasteiger partial charge in [-0.25, -0.2) is 4.39 Å². The highest BCUT2D eigenvalue weighted by Gasteiger charge is 2.77. The molecule has 0 bridgehead atoms. The second-order valence-electron chi connectivity index (χ2n) is 9.21. The van der Waals surface area contributed by atoms with Gasteiger partial charge in [-0.1, -0.05) is 36.1 Å². The van der Waals surface area contributed by atoms with Gasteiger partial charge in [0.2, 0.25) is 5.91 Å². The number of thiocarbonyl (C=S) groups is 1. The van der Waals surface area contributed by atoms with Crippen LogP contribution in [0, 0.1) is 15.9 Å². The van der Waals surface area contributed by atoms with Gasteiger partial charge < -0.3 is 9.73 Å². The van der Waals surface area contributed by atoms with Crippen LogP contribution in [0.5, 0.6) is 0 Å². The van der Waals surface area contributed by atoms with Crippen LogP contribution in [0.15, 0.2) is 65.3 Å². The Morgan fingerprint density at radius 2 is 2.05 bits per heavy atom. The van der Waals surface area contributed by atoms with E-state index in [9.17, 15) is 24.1 Å². The van der Waals surface area contributed by atoms with Crippen LogP contribution in [0.3, 0.4) is 0 Å². The Kier molecular flexibility index (Phi) is 5.27. The molecule has 9 nitrogen and oxygen atoms in total. The number of carbonyl (C=O) groups is 2. The van der Waals surface area contributed by atoms with Crippen molar-refractivity contribution in [2.75, 3.05) is 18.9 Å². The lowest BCUT2D eigenvalue weighted by molar-refractivity contribution is -0.384. The molecule has 1 aromatic heterocycles. The molecule has 3 aliphatic rings. The zero-order valence-electron chi connectivity index (χ0n) is 19.3. The standard InChI is InChI=1S/C25H19FN4O5S2/c1-28-13-19(14-4-2-5-16(10-14)30(33)34)25(22(32)29(23(36)37-25)12-17-6-3-9-35-17)24(28)18-11-15(26)7-8-20(18)27-21(24)31/h2-11,19H,12-13H2,1H3,(H,27,31)/t19-,24+,25+/m1/s1. The highest BCUT2D eigenvalue weighted by Crippen LogP contribution is 2.66. The molecule has 0 radical (unpaired) electrons. The van der Waals surface area contributed by atoms with Crippen LogP contribution in [0.1, 0.15) is 22.8 Å². The number of benzene rings is 2. The zero-order valence-corrected chi connectivity index (χ0v) is 21.0. The number of thioether (sulfide) groups is 1. The number of nitrogens with zero attached hydrogens (tertiary/aromatic N) is 3. The Balaban J connectivity index is 1.60. The number of nitro groups is 1. The van der Waals surface area contributed by atoms with Gasteiger partial charge in [0.15, 0.2) is 5.54 Å². The second-order valence-corrected chi connectivity index (χ2v) is 11.1. The van der Waals surface area contributed by atoms with Gasteiger partial charge in [-0.3, -0.25) is 29.5 Å². The smallest absolute Gasteiger partial charge is 0.269 e. The number of non-ortho nitro benzene ring substituents is 1. The van der Waals surface area contributed by atoms with Crippen LogP contribution in [-0.2, 0) is 21.7 Å². The molecular formula is C25H19FN4O5S2. The number of nitrogens with one attached hydrogen (secondary N) is 1. The number of likely N-dealkylation sites (tertiary alicyclic amines) is 1. The highest BCUT2D eigenvalue weighted by atomic mass is 32.2. The summed E-state index contributed by atoms with van der Waals surface area (Å²) in [5.74, 6) is -1.65. The van der Waals surface area contributed by atoms with E-state index in [-0.39, 0.29) is 23.1 Å². The van der Waals surface area contributed by atoms with Crippen LogP contribution in [0.2, 0.25) is 0 Å². The first-order valence-electron chi connectivity index (χ1n) is 11.3. The predicted octanol–water partition coefficient (Wildman–Crippen LogP) is 4.00. The zero-order chi connectivity index (χ0) is 26.1. The summed E-state index contributed by atoms with van der Waals surface area (Å²) in [5, 5.41) is 14.4. The third kappa shape index (κ3) is 3.09. The predicted molar refractivity (Wildman–Crippen MR) is 137 cm³/mol. The summed E-state index contributed by atoms with van der Waals surface area (Å²) < 4.78 is 18.7. The van der Waals surface area contributed by atoms with Crippen molar-refractivity contribution >= 4 is 51.5 Å². The molecule has 1 N–H and O–H groups in total. The quantitative estimate of drug-likeness (QED) is 0.302. The molecule has 2 aromatic carbocycles. The first kappa shape index (κ1) is 23.8. The van der Waals surface area contributed by atoms with E-state index in [2.05, 4.69) is 5.32 Å². The summed E-state index contributed by atoms with van der Waals surface area (Å²) in [6.45, 7) is 0.249. The molecule has 2 spiro atoms. The number of carbonyl (C=O) groups excluding carboxylic acids is 2. The van der Waals surface area contributed by atoms with Gasteiger partial charge in [0, 0.05) is 35.8 Å². The van der Waals surface area contributed by atoms with Gasteiger partial charge in [-0.15, -0.1) is 0 Å². The van der Waals surface area contributed by atoms with E-state index in [0.717, 1.165) is 11.8 Å². The molecule has 2 amide bonds. The van der Waals surface area contributed by atoms with E-state index >= 15 is 0 Å². The molecular weight excluding hydrogens is 519 g/mol. The van der Waals surface area contributed by atoms with E-state index in [0.29, 0.717) is 22.6 Å². The van der Waals surface area contributed by atoms with E-state index in [1.807, 2.05) is 0 Å². The van der Waals surface area contributed by atoms with Crippen LogP contribution in [0.4, 0.5) is 15.8 Å². The maximum atomic E-state index is 14.6. The molecule has 0 unspecified atom stereocenters. The van der Waals surface area contributed by atoms with E-state index in [4.69, 9.17) is 16.6 Å². The molecule has 0 saturated carbocycles. The monoisotopic (exact) mass is 538 g/mol. The minimum Gasteiger partial charge on any atom is -0.467 e. The fourth-order valence-electron chi connectivity index (χ4n) is 5.94. The van der Waals surface area contributed by atoms with Gasteiger partial charge >= 0.3 is 0 Å². The van der Waals surface area contributed by atoms with Gasteiger partial charge in [-0.2, -0.15) is 0 Å². The summed E-state index contributed by atoms with van der Waals surface area (Å²) in [5.41, 5.74) is -0.510. The maximum Gasteiger partial charge on any atom is 0.269 e. The number of hydrogen-bond donors (Lipinski definition) is 1. The summed E-state index contributed by atoms with van der Waals surface area (Å²) in [7, 11) is 1.70. The van der Waals surface area contributed by atoms with Crippen molar-refractivity contribution in [1.82, 2.24) is 9.80 Å². The first-order valence-corrected chi connectivity index (χ1v) is 12.6. The van der Waals surface area contributed by atoms with Crippen molar-refractivity contribution < 1.29 is 23.3 Å². The normalized spacial score (nSPS) is 26.9. The number of rotatable bonds is 4. The minimum absolute atomic E-state index is 0.0541. The van der Waals surface area contributed by atoms with Crippen LogP contribution < -0.4 is 5.32 Å². The molecule has 3 atom stereocenters. The number of halogens is 1. The number of fused-ring (bicyclic) bond motifs is 3. The van der Waals surface area contributed by atoms with Crippen molar-refractivity contribution in [2.45, 2.75) is 22.7 Å². The van der Waals surface area contributed by atoms with E-state index in [1.54, 1.807) is 36.2 Å². The molecule has 2 fully saturated rings. The Hall–Kier alpha value is -3.61. The van der Waals surface area contributed by atoms with Crippen LogP contribution in [-0.4, -0.2) is 49.2 Å². The summed E-state index contributed by atoms with van der Waals surface area (Å²) in [6, 6.07) is 13.5. The molecule has 3 aliphatic heterocycles. The molecule has 6 rings (SSSR count). The number of nitro benzene ring substituents is 1. The third-order valence-corrected chi connectivity index (χ3v) is 9.36. The number of amides is 2. The fourth-order valence-corrected chi connectivity index (χ4v) is 8.07. The van der Waals surface area contributed by atoms with Crippen molar-refractivity contribution in [3.05, 3.63) is 93.7 Å². The second kappa shape index (κ2) is 8.20. The van der Waals surface area contributed by atoms with Crippen molar-refractivity contribution in [3.8, 4) is 0 Å². The molecule has 12 heteroatoms. The number of anilines is 1. The maximum absolute atomic E-state index is 14.6. The SMILES string of the molecule is CN1C[C@H](c2cccc([N+](=O)[O-])c2)[C@@]2(SC(=S)N(Cc3ccco3)C2=O)[C@]12C(=O)Nc1ccc(F)cc12. The average molecular weight is 539 g/mol.